The van der Waals surface area contributed by atoms with Crippen molar-refractivity contribution in [2.45, 2.75) is 39.3 Å². The first-order valence-corrected chi connectivity index (χ1v) is 11.4. The molecule has 0 aliphatic carbocycles. The first kappa shape index (κ1) is 22.0. The zero-order chi connectivity index (χ0) is 21.7. The number of carbonyl (C=O) groups excluding carboxylic acids is 2. The number of aromatic nitrogens is 2. The molecular weight excluding hydrogens is 422 g/mol. The Kier molecular flexibility index (Phi) is 7.28. The van der Waals surface area contributed by atoms with Gasteiger partial charge in [0.1, 0.15) is 5.00 Å². The summed E-state index contributed by atoms with van der Waals surface area (Å²) in [6, 6.07) is 7.75. The highest BCUT2D eigenvalue weighted by molar-refractivity contribution is 7.99. The van der Waals surface area contributed by atoms with Crippen LogP contribution in [0.2, 0.25) is 0 Å². The molecule has 3 rings (SSSR count). The van der Waals surface area contributed by atoms with Crippen LogP contribution in [0.15, 0.2) is 33.9 Å². The lowest BCUT2D eigenvalue weighted by Gasteiger charge is -2.07. The molecule has 1 N–H and O–H groups in total. The van der Waals surface area contributed by atoms with Gasteiger partial charge >= 0.3 is 5.97 Å². The van der Waals surface area contributed by atoms with E-state index in [1.54, 1.807) is 6.92 Å². The quantitative estimate of drug-likeness (QED) is 0.390. The van der Waals surface area contributed by atoms with Gasteiger partial charge in [0.2, 0.25) is 11.8 Å². The molecule has 30 heavy (non-hydrogen) atoms. The molecule has 0 unspecified atom stereocenters. The molecule has 0 bridgehead atoms. The van der Waals surface area contributed by atoms with E-state index in [2.05, 4.69) is 15.5 Å². The summed E-state index contributed by atoms with van der Waals surface area (Å²) in [5.74, 6) is -0.189. The Morgan fingerprint density at radius 2 is 1.90 bits per heavy atom. The van der Waals surface area contributed by atoms with Gasteiger partial charge < -0.3 is 14.5 Å². The SMILES string of the molecule is CCOC(=O)c1c(NC(=O)CSc2nnc(-c3ccc(C)cc3)o2)sc(C)c1CC. The monoisotopic (exact) mass is 445 g/mol. The maximum atomic E-state index is 12.5. The smallest absolute Gasteiger partial charge is 0.341 e. The minimum atomic E-state index is -0.415. The van der Waals surface area contributed by atoms with Gasteiger partial charge in [-0.2, -0.15) is 0 Å². The van der Waals surface area contributed by atoms with E-state index in [1.807, 2.05) is 45.0 Å². The van der Waals surface area contributed by atoms with Crippen LogP contribution in [0, 0.1) is 13.8 Å². The highest BCUT2D eigenvalue weighted by Gasteiger charge is 2.23. The van der Waals surface area contributed by atoms with Crippen molar-refractivity contribution in [1.29, 1.82) is 0 Å². The van der Waals surface area contributed by atoms with Crippen molar-refractivity contribution in [2.75, 3.05) is 17.7 Å². The van der Waals surface area contributed by atoms with E-state index in [-0.39, 0.29) is 18.3 Å². The summed E-state index contributed by atoms with van der Waals surface area (Å²) in [7, 11) is 0. The molecule has 7 nitrogen and oxygen atoms in total. The number of hydrogen-bond donors (Lipinski definition) is 1. The number of thioether (sulfide) groups is 1. The van der Waals surface area contributed by atoms with E-state index in [0.717, 1.165) is 33.3 Å². The van der Waals surface area contributed by atoms with Crippen LogP contribution in [0.5, 0.6) is 0 Å². The minimum Gasteiger partial charge on any atom is -0.462 e. The molecular formula is C21H23N3O4S2. The summed E-state index contributed by atoms with van der Waals surface area (Å²) in [6.07, 6.45) is 0.685. The number of amides is 1. The molecule has 0 aliphatic rings. The van der Waals surface area contributed by atoms with E-state index in [0.29, 0.717) is 28.1 Å². The minimum absolute atomic E-state index is 0.0796. The van der Waals surface area contributed by atoms with Gasteiger partial charge in [0.15, 0.2) is 0 Å². The number of ether oxygens (including phenoxy) is 1. The first-order valence-electron chi connectivity index (χ1n) is 9.55. The van der Waals surface area contributed by atoms with Crippen LogP contribution >= 0.6 is 23.1 Å². The van der Waals surface area contributed by atoms with Crippen molar-refractivity contribution in [3.05, 3.63) is 45.8 Å². The number of carbonyl (C=O) groups is 2. The number of aryl methyl sites for hydroxylation is 2. The van der Waals surface area contributed by atoms with Crippen molar-refractivity contribution >= 4 is 40.0 Å². The molecule has 0 fully saturated rings. The Labute approximate surface area is 183 Å². The largest absolute Gasteiger partial charge is 0.462 e. The van der Waals surface area contributed by atoms with E-state index in [4.69, 9.17) is 9.15 Å². The molecule has 158 valence electrons. The first-order chi connectivity index (χ1) is 14.4. The number of benzene rings is 1. The molecule has 2 aromatic heterocycles. The molecule has 1 aromatic carbocycles. The lowest BCUT2D eigenvalue weighted by Crippen LogP contribution is -2.16. The fraction of sp³-hybridized carbons (Fsp3) is 0.333. The van der Waals surface area contributed by atoms with Crippen molar-refractivity contribution < 1.29 is 18.7 Å². The van der Waals surface area contributed by atoms with Crippen LogP contribution in [0.3, 0.4) is 0 Å². The summed E-state index contributed by atoms with van der Waals surface area (Å²) in [5, 5.41) is 11.7. The van der Waals surface area contributed by atoms with E-state index >= 15 is 0 Å². The zero-order valence-corrected chi connectivity index (χ0v) is 18.9. The van der Waals surface area contributed by atoms with Gasteiger partial charge in [-0.05, 0) is 44.9 Å². The normalized spacial score (nSPS) is 10.8. The van der Waals surface area contributed by atoms with Gasteiger partial charge in [-0.25, -0.2) is 4.79 Å². The number of hydrogen-bond acceptors (Lipinski definition) is 8. The van der Waals surface area contributed by atoms with Gasteiger partial charge in [-0.3, -0.25) is 4.79 Å². The number of anilines is 1. The second-order valence-corrected chi connectivity index (χ2v) is 8.64. The topological polar surface area (TPSA) is 94.3 Å². The third-order valence-electron chi connectivity index (χ3n) is 4.33. The highest BCUT2D eigenvalue weighted by Crippen LogP contribution is 2.34. The summed E-state index contributed by atoms with van der Waals surface area (Å²) in [6.45, 7) is 7.94. The molecule has 0 saturated heterocycles. The molecule has 0 saturated carbocycles. The lowest BCUT2D eigenvalue weighted by molar-refractivity contribution is -0.113. The van der Waals surface area contributed by atoms with Crippen LogP contribution in [-0.4, -0.2) is 34.4 Å². The molecule has 1 amide bonds. The number of nitrogens with one attached hydrogen (secondary N) is 1. The Morgan fingerprint density at radius 3 is 2.57 bits per heavy atom. The predicted molar refractivity (Wildman–Crippen MR) is 118 cm³/mol. The zero-order valence-electron chi connectivity index (χ0n) is 17.3. The van der Waals surface area contributed by atoms with Crippen molar-refractivity contribution in [2.24, 2.45) is 0 Å². The van der Waals surface area contributed by atoms with Crippen LogP contribution in [0.1, 0.15) is 40.2 Å². The second kappa shape index (κ2) is 9.90. The van der Waals surface area contributed by atoms with Crippen LogP contribution in [0.25, 0.3) is 11.5 Å². The second-order valence-electron chi connectivity index (χ2n) is 6.49. The van der Waals surface area contributed by atoms with Crippen LogP contribution in [0.4, 0.5) is 5.00 Å². The van der Waals surface area contributed by atoms with Crippen LogP contribution in [-0.2, 0) is 16.0 Å². The van der Waals surface area contributed by atoms with Crippen LogP contribution < -0.4 is 5.32 Å². The van der Waals surface area contributed by atoms with E-state index < -0.39 is 5.97 Å². The van der Waals surface area contributed by atoms with E-state index in [1.165, 1.54) is 11.3 Å². The Bertz CT molecular complexity index is 1040. The van der Waals surface area contributed by atoms with Gasteiger partial charge in [-0.1, -0.05) is 36.4 Å². The molecule has 0 atom stereocenters. The fourth-order valence-corrected chi connectivity index (χ4v) is 4.59. The van der Waals surface area contributed by atoms with E-state index in [9.17, 15) is 9.59 Å². The fourth-order valence-electron chi connectivity index (χ4n) is 2.88. The maximum absolute atomic E-state index is 12.5. The van der Waals surface area contributed by atoms with Crippen molar-refractivity contribution in [3.63, 3.8) is 0 Å². The summed E-state index contributed by atoms with van der Waals surface area (Å²) in [5.41, 5.74) is 3.31. The molecule has 0 spiro atoms. The van der Waals surface area contributed by atoms with Crippen molar-refractivity contribution in [1.82, 2.24) is 10.2 Å². The standard InChI is InChI=1S/C21H23N3O4S2/c1-5-15-13(4)30-19(17(15)20(26)27-6-2)22-16(25)11-29-21-24-23-18(28-21)14-9-7-12(3)8-10-14/h7-10H,5-6,11H2,1-4H3,(H,22,25). The molecule has 9 heteroatoms. The van der Waals surface area contributed by atoms with Gasteiger partial charge in [-0.15, -0.1) is 21.5 Å². The highest BCUT2D eigenvalue weighted by atomic mass is 32.2. The van der Waals surface area contributed by atoms with Gasteiger partial charge in [0, 0.05) is 10.4 Å². The average molecular weight is 446 g/mol. The van der Waals surface area contributed by atoms with Crippen molar-refractivity contribution in [3.8, 4) is 11.5 Å². The Balaban J connectivity index is 1.65. The van der Waals surface area contributed by atoms with Gasteiger partial charge in [0.25, 0.3) is 5.22 Å². The van der Waals surface area contributed by atoms with Gasteiger partial charge in [0.05, 0.1) is 17.9 Å². The third-order valence-corrected chi connectivity index (χ3v) is 6.21. The number of thiophene rings is 1. The average Bonchev–Trinajstić information content (AvgIpc) is 3.31. The molecule has 0 radical (unpaired) electrons. The number of rotatable bonds is 8. The predicted octanol–water partition coefficient (Wildman–Crippen LogP) is 4.88. The summed E-state index contributed by atoms with van der Waals surface area (Å²) < 4.78 is 10.8. The summed E-state index contributed by atoms with van der Waals surface area (Å²) >= 11 is 2.52. The third kappa shape index (κ3) is 5.09. The Morgan fingerprint density at radius 1 is 1.17 bits per heavy atom. The number of esters is 1. The Hall–Kier alpha value is -2.65. The summed E-state index contributed by atoms with van der Waals surface area (Å²) in [4.78, 5) is 25.8. The number of nitrogens with zero attached hydrogens (tertiary/aromatic N) is 2. The molecule has 3 aromatic rings. The molecule has 0 aliphatic heterocycles. The lowest BCUT2D eigenvalue weighted by atomic mass is 10.1. The maximum Gasteiger partial charge on any atom is 0.341 e. The molecule has 2 heterocycles.